The third kappa shape index (κ3) is 4.80. The van der Waals surface area contributed by atoms with Crippen LogP contribution in [0.3, 0.4) is 0 Å². The molecule has 0 aliphatic rings. The normalized spacial score (nSPS) is 14.2. The van der Waals surface area contributed by atoms with Crippen molar-refractivity contribution in [3.8, 4) is 5.75 Å². The molecule has 0 spiro atoms. The van der Waals surface area contributed by atoms with E-state index in [-0.39, 0.29) is 23.7 Å². The van der Waals surface area contributed by atoms with Crippen molar-refractivity contribution in [1.82, 2.24) is 5.32 Å². The lowest BCUT2D eigenvalue weighted by atomic mass is 10.00. The highest BCUT2D eigenvalue weighted by Gasteiger charge is 2.14. The summed E-state index contributed by atoms with van der Waals surface area (Å²) >= 11 is 0. The molecule has 0 saturated carbocycles. The average Bonchev–Trinajstić information content (AvgIpc) is 2.42. The van der Waals surface area contributed by atoms with Crippen molar-refractivity contribution in [2.24, 2.45) is 0 Å². The molecule has 1 rings (SSSR count). The van der Waals surface area contributed by atoms with Crippen LogP contribution in [-0.4, -0.2) is 26.9 Å². The molecular formula is C15H24FNO2. The van der Waals surface area contributed by atoms with Gasteiger partial charge in [0.15, 0.2) is 11.6 Å². The van der Waals surface area contributed by atoms with Gasteiger partial charge in [-0.25, -0.2) is 4.39 Å². The molecule has 0 heterocycles. The molecule has 19 heavy (non-hydrogen) atoms. The number of nitrogens with one attached hydrogen (secondary N) is 1. The van der Waals surface area contributed by atoms with E-state index in [0.717, 1.165) is 24.9 Å². The Bertz CT molecular complexity index is 384. The summed E-state index contributed by atoms with van der Waals surface area (Å²) in [7, 11) is 3.18. The van der Waals surface area contributed by atoms with Crippen molar-refractivity contribution in [2.75, 3.05) is 20.8 Å². The molecular weight excluding hydrogens is 245 g/mol. The van der Waals surface area contributed by atoms with Gasteiger partial charge >= 0.3 is 0 Å². The Labute approximate surface area is 115 Å². The molecule has 108 valence electrons. The maximum absolute atomic E-state index is 13.7. The highest BCUT2D eigenvalue weighted by molar-refractivity contribution is 5.31. The van der Waals surface area contributed by atoms with E-state index in [1.807, 2.05) is 19.9 Å². The van der Waals surface area contributed by atoms with Gasteiger partial charge in [-0.05, 0) is 44.0 Å². The Hall–Kier alpha value is -1.13. The van der Waals surface area contributed by atoms with Crippen molar-refractivity contribution in [1.29, 1.82) is 0 Å². The Morgan fingerprint density at radius 1 is 1.26 bits per heavy atom. The second-order valence-corrected chi connectivity index (χ2v) is 4.63. The number of hydrogen-bond donors (Lipinski definition) is 1. The number of halogens is 1. The summed E-state index contributed by atoms with van der Waals surface area (Å²) in [6.07, 6.45) is 2.06. The minimum absolute atomic E-state index is 0.142. The molecule has 0 radical (unpaired) electrons. The van der Waals surface area contributed by atoms with Crippen LogP contribution >= 0.6 is 0 Å². The first-order chi connectivity index (χ1) is 9.12. The van der Waals surface area contributed by atoms with Crippen LogP contribution in [-0.2, 0) is 4.74 Å². The SMILES string of the molecule is CCNC(CCC(C)OC)c1ccc(OC)c(F)c1. The van der Waals surface area contributed by atoms with Gasteiger partial charge in [0.2, 0.25) is 0 Å². The predicted molar refractivity (Wildman–Crippen MR) is 75.1 cm³/mol. The third-order valence-electron chi connectivity index (χ3n) is 3.29. The van der Waals surface area contributed by atoms with Crippen molar-refractivity contribution in [3.05, 3.63) is 29.6 Å². The summed E-state index contributed by atoms with van der Waals surface area (Å²) in [4.78, 5) is 0. The highest BCUT2D eigenvalue weighted by atomic mass is 19.1. The molecule has 1 aromatic rings. The molecule has 0 amide bonds. The first-order valence-corrected chi connectivity index (χ1v) is 6.72. The Morgan fingerprint density at radius 2 is 2.00 bits per heavy atom. The molecule has 0 aliphatic heterocycles. The van der Waals surface area contributed by atoms with Gasteiger partial charge in [0.1, 0.15) is 0 Å². The first-order valence-electron chi connectivity index (χ1n) is 6.72. The summed E-state index contributed by atoms with van der Waals surface area (Å²) in [5, 5.41) is 3.38. The minimum Gasteiger partial charge on any atom is -0.494 e. The zero-order valence-electron chi connectivity index (χ0n) is 12.2. The van der Waals surface area contributed by atoms with Crippen molar-refractivity contribution in [2.45, 2.75) is 38.8 Å². The van der Waals surface area contributed by atoms with E-state index in [1.54, 1.807) is 19.2 Å². The van der Waals surface area contributed by atoms with Gasteiger partial charge in [-0.1, -0.05) is 13.0 Å². The Kier molecular flexibility index (Phi) is 6.81. The summed E-state index contributed by atoms with van der Waals surface area (Å²) in [5.74, 6) is -0.0352. The van der Waals surface area contributed by atoms with E-state index in [0.29, 0.717) is 0 Å². The standard InChI is InChI=1S/C15H24FNO2/c1-5-17-14(8-6-11(2)18-3)12-7-9-15(19-4)13(16)10-12/h7,9-11,14,17H,5-6,8H2,1-4H3. The van der Waals surface area contributed by atoms with Crippen LogP contribution in [0, 0.1) is 5.82 Å². The number of hydrogen-bond acceptors (Lipinski definition) is 3. The monoisotopic (exact) mass is 269 g/mol. The maximum atomic E-state index is 13.7. The zero-order valence-corrected chi connectivity index (χ0v) is 12.2. The smallest absolute Gasteiger partial charge is 0.165 e. The molecule has 0 aliphatic carbocycles. The molecule has 2 atom stereocenters. The summed E-state index contributed by atoms with van der Waals surface area (Å²) < 4.78 is 23.9. The molecule has 1 aromatic carbocycles. The fraction of sp³-hybridized carbons (Fsp3) is 0.600. The molecule has 0 aromatic heterocycles. The van der Waals surface area contributed by atoms with E-state index < -0.39 is 0 Å². The van der Waals surface area contributed by atoms with Crippen molar-refractivity contribution >= 4 is 0 Å². The Morgan fingerprint density at radius 3 is 2.53 bits per heavy atom. The van der Waals surface area contributed by atoms with Gasteiger partial charge in [-0.3, -0.25) is 0 Å². The molecule has 3 nitrogen and oxygen atoms in total. The number of rotatable bonds is 8. The fourth-order valence-corrected chi connectivity index (χ4v) is 2.05. The van der Waals surface area contributed by atoms with E-state index in [4.69, 9.17) is 9.47 Å². The second kappa shape index (κ2) is 8.12. The second-order valence-electron chi connectivity index (χ2n) is 4.63. The number of benzene rings is 1. The van der Waals surface area contributed by atoms with Gasteiger partial charge in [-0.15, -0.1) is 0 Å². The number of methoxy groups -OCH3 is 2. The molecule has 0 fully saturated rings. The predicted octanol–water partition coefficient (Wildman–Crippen LogP) is 3.30. The molecule has 4 heteroatoms. The lowest BCUT2D eigenvalue weighted by molar-refractivity contribution is 0.106. The molecule has 0 bridgehead atoms. The van der Waals surface area contributed by atoms with Crippen molar-refractivity contribution in [3.63, 3.8) is 0 Å². The van der Waals surface area contributed by atoms with Crippen LogP contribution in [0.15, 0.2) is 18.2 Å². The maximum Gasteiger partial charge on any atom is 0.165 e. The quantitative estimate of drug-likeness (QED) is 0.785. The number of ether oxygens (including phenoxy) is 2. The van der Waals surface area contributed by atoms with Gasteiger partial charge in [-0.2, -0.15) is 0 Å². The average molecular weight is 269 g/mol. The van der Waals surface area contributed by atoms with Crippen LogP contribution in [0.4, 0.5) is 4.39 Å². The van der Waals surface area contributed by atoms with Crippen LogP contribution < -0.4 is 10.1 Å². The largest absolute Gasteiger partial charge is 0.494 e. The molecule has 2 unspecified atom stereocenters. The lowest BCUT2D eigenvalue weighted by Gasteiger charge is -2.20. The third-order valence-corrected chi connectivity index (χ3v) is 3.29. The van der Waals surface area contributed by atoms with E-state index in [9.17, 15) is 4.39 Å². The Balaban J connectivity index is 2.77. The van der Waals surface area contributed by atoms with Crippen LogP contribution in [0.1, 0.15) is 38.3 Å². The van der Waals surface area contributed by atoms with Crippen LogP contribution in [0.25, 0.3) is 0 Å². The first kappa shape index (κ1) is 15.9. The lowest BCUT2D eigenvalue weighted by Crippen LogP contribution is -2.22. The molecule has 1 N–H and O–H groups in total. The zero-order chi connectivity index (χ0) is 14.3. The van der Waals surface area contributed by atoms with E-state index >= 15 is 0 Å². The van der Waals surface area contributed by atoms with Gasteiger partial charge in [0.05, 0.1) is 13.2 Å². The van der Waals surface area contributed by atoms with E-state index in [1.165, 1.54) is 7.11 Å². The molecule has 0 saturated heterocycles. The van der Waals surface area contributed by atoms with Crippen molar-refractivity contribution < 1.29 is 13.9 Å². The van der Waals surface area contributed by atoms with E-state index in [2.05, 4.69) is 5.32 Å². The minimum atomic E-state index is -0.317. The topological polar surface area (TPSA) is 30.5 Å². The summed E-state index contributed by atoms with van der Waals surface area (Å²) in [5.41, 5.74) is 0.948. The summed E-state index contributed by atoms with van der Waals surface area (Å²) in [6.45, 7) is 4.93. The highest BCUT2D eigenvalue weighted by Crippen LogP contribution is 2.25. The van der Waals surface area contributed by atoms with Gasteiger partial charge in [0, 0.05) is 13.2 Å². The van der Waals surface area contributed by atoms with Crippen LogP contribution in [0.2, 0.25) is 0 Å². The fourth-order valence-electron chi connectivity index (χ4n) is 2.05. The van der Waals surface area contributed by atoms with Gasteiger partial charge < -0.3 is 14.8 Å². The van der Waals surface area contributed by atoms with Gasteiger partial charge in [0.25, 0.3) is 0 Å². The van der Waals surface area contributed by atoms with Crippen LogP contribution in [0.5, 0.6) is 5.75 Å². The summed E-state index contributed by atoms with van der Waals surface area (Å²) in [6, 6.07) is 5.27.